The molecule has 0 aliphatic carbocycles. The zero-order valence-electron chi connectivity index (χ0n) is 12.2. The molecule has 0 bridgehead atoms. The van der Waals surface area contributed by atoms with Crippen LogP contribution in [-0.4, -0.2) is 26.8 Å². The van der Waals surface area contributed by atoms with Crippen molar-refractivity contribution in [1.82, 2.24) is 5.32 Å². The van der Waals surface area contributed by atoms with Gasteiger partial charge in [-0.2, -0.15) is 0 Å². The Morgan fingerprint density at radius 2 is 1.95 bits per heavy atom. The van der Waals surface area contributed by atoms with Crippen molar-refractivity contribution in [1.29, 1.82) is 0 Å². The lowest BCUT2D eigenvalue weighted by Gasteiger charge is -2.12. The standard InChI is InChI=1S/C14H23ClN2O2S/c1-11(2)16-9-4-5-10-20(18,19)17-14-8-6-7-13(15)12(14)3/h6-8,11,16-17H,4-5,9-10H2,1-3H3. The van der Waals surface area contributed by atoms with Gasteiger partial charge in [0.1, 0.15) is 0 Å². The first kappa shape index (κ1) is 17.3. The van der Waals surface area contributed by atoms with E-state index < -0.39 is 10.0 Å². The number of rotatable bonds is 8. The van der Waals surface area contributed by atoms with Gasteiger partial charge >= 0.3 is 0 Å². The Morgan fingerprint density at radius 1 is 1.25 bits per heavy atom. The van der Waals surface area contributed by atoms with Gasteiger partial charge in [-0.15, -0.1) is 0 Å². The molecule has 0 atom stereocenters. The fourth-order valence-electron chi connectivity index (χ4n) is 1.74. The molecule has 1 rings (SSSR count). The Morgan fingerprint density at radius 3 is 2.60 bits per heavy atom. The number of benzene rings is 1. The minimum atomic E-state index is -3.31. The summed E-state index contributed by atoms with van der Waals surface area (Å²) in [5, 5.41) is 3.83. The van der Waals surface area contributed by atoms with Crippen LogP contribution in [0.25, 0.3) is 0 Å². The van der Waals surface area contributed by atoms with Gasteiger partial charge in [0.25, 0.3) is 0 Å². The first-order chi connectivity index (χ1) is 9.32. The van der Waals surface area contributed by atoms with E-state index in [0.717, 1.165) is 18.5 Å². The van der Waals surface area contributed by atoms with Gasteiger partial charge in [-0.25, -0.2) is 8.42 Å². The number of hydrogen-bond acceptors (Lipinski definition) is 3. The van der Waals surface area contributed by atoms with Crippen LogP contribution in [0.2, 0.25) is 5.02 Å². The van der Waals surface area contributed by atoms with Crippen molar-refractivity contribution in [3.63, 3.8) is 0 Å². The number of anilines is 1. The van der Waals surface area contributed by atoms with Crippen LogP contribution in [0.1, 0.15) is 32.3 Å². The summed E-state index contributed by atoms with van der Waals surface area (Å²) in [6.07, 6.45) is 1.47. The fraction of sp³-hybridized carbons (Fsp3) is 0.571. The molecule has 4 nitrogen and oxygen atoms in total. The maximum atomic E-state index is 12.0. The molecule has 0 aliphatic heterocycles. The van der Waals surface area contributed by atoms with Gasteiger partial charge in [0, 0.05) is 11.1 Å². The third kappa shape index (κ3) is 6.11. The predicted octanol–water partition coefficient (Wildman–Crippen LogP) is 3.17. The van der Waals surface area contributed by atoms with Gasteiger partial charge in [-0.05, 0) is 44.0 Å². The molecule has 0 amide bonds. The van der Waals surface area contributed by atoms with Crippen LogP contribution in [0.4, 0.5) is 5.69 Å². The normalized spacial score (nSPS) is 11.8. The molecule has 20 heavy (non-hydrogen) atoms. The summed E-state index contributed by atoms with van der Waals surface area (Å²) >= 11 is 5.97. The Labute approximate surface area is 127 Å². The summed E-state index contributed by atoms with van der Waals surface area (Å²) in [5.74, 6) is 0.124. The van der Waals surface area contributed by atoms with Crippen LogP contribution < -0.4 is 10.0 Å². The second-order valence-corrected chi connectivity index (χ2v) is 7.40. The molecule has 114 valence electrons. The second kappa shape index (κ2) is 7.86. The Bertz CT molecular complexity index is 530. The maximum absolute atomic E-state index is 12.0. The first-order valence-corrected chi connectivity index (χ1v) is 8.84. The zero-order valence-corrected chi connectivity index (χ0v) is 13.8. The molecular formula is C14H23ClN2O2S. The summed E-state index contributed by atoms with van der Waals surface area (Å²) in [5.41, 5.74) is 1.30. The van der Waals surface area contributed by atoms with E-state index in [4.69, 9.17) is 11.6 Å². The number of sulfonamides is 1. The van der Waals surface area contributed by atoms with Crippen molar-refractivity contribution >= 4 is 27.3 Å². The van der Waals surface area contributed by atoms with E-state index >= 15 is 0 Å². The van der Waals surface area contributed by atoms with E-state index in [0.29, 0.717) is 23.2 Å². The molecule has 0 fully saturated rings. The molecule has 1 aromatic rings. The third-order valence-corrected chi connectivity index (χ3v) is 4.69. The lowest BCUT2D eigenvalue weighted by atomic mass is 10.2. The van der Waals surface area contributed by atoms with Crippen molar-refractivity contribution in [2.45, 2.75) is 39.7 Å². The third-order valence-electron chi connectivity index (χ3n) is 2.93. The summed E-state index contributed by atoms with van der Waals surface area (Å²) < 4.78 is 26.6. The van der Waals surface area contributed by atoms with Crippen molar-refractivity contribution in [3.8, 4) is 0 Å². The smallest absolute Gasteiger partial charge is 0.232 e. The molecule has 0 radical (unpaired) electrons. The summed E-state index contributed by atoms with van der Waals surface area (Å²) in [6, 6.07) is 5.63. The van der Waals surface area contributed by atoms with Crippen molar-refractivity contribution in [2.75, 3.05) is 17.0 Å². The lowest BCUT2D eigenvalue weighted by Crippen LogP contribution is -2.24. The Balaban J connectivity index is 2.47. The Kier molecular flexibility index (Phi) is 6.79. The van der Waals surface area contributed by atoms with E-state index in [1.54, 1.807) is 25.1 Å². The van der Waals surface area contributed by atoms with E-state index in [1.165, 1.54) is 0 Å². The summed E-state index contributed by atoms with van der Waals surface area (Å²) in [4.78, 5) is 0. The maximum Gasteiger partial charge on any atom is 0.232 e. The van der Waals surface area contributed by atoms with Crippen LogP contribution in [0, 0.1) is 6.92 Å². The molecule has 0 saturated carbocycles. The van der Waals surface area contributed by atoms with Gasteiger partial charge in [0.15, 0.2) is 0 Å². The SMILES string of the molecule is Cc1c(Cl)cccc1NS(=O)(=O)CCCCNC(C)C. The molecule has 0 aliphatic rings. The van der Waals surface area contributed by atoms with Crippen molar-refractivity contribution in [3.05, 3.63) is 28.8 Å². The molecule has 1 aromatic carbocycles. The second-order valence-electron chi connectivity index (χ2n) is 5.15. The lowest BCUT2D eigenvalue weighted by molar-refractivity contribution is 0.561. The monoisotopic (exact) mass is 318 g/mol. The fourth-order valence-corrected chi connectivity index (χ4v) is 3.16. The average Bonchev–Trinajstić information content (AvgIpc) is 2.34. The number of hydrogen-bond donors (Lipinski definition) is 2. The highest BCUT2D eigenvalue weighted by Crippen LogP contribution is 2.23. The average molecular weight is 319 g/mol. The van der Waals surface area contributed by atoms with Crippen LogP contribution in [0.15, 0.2) is 18.2 Å². The number of unbranched alkanes of at least 4 members (excludes halogenated alkanes) is 1. The molecule has 0 saturated heterocycles. The molecule has 0 aromatic heterocycles. The van der Waals surface area contributed by atoms with Crippen molar-refractivity contribution < 1.29 is 8.42 Å². The van der Waals surface area contributed by atoms with Gasteiger partial charge in [-0.3, -0.25) is 4.72 Å². The highest BCUT2D eigenvalue weighted by Gasteiger charge is 2.12. The molecular weight excluding hydrogens is 296 g/mol. The minimum absolute atomic E-state index is 0.124. The van der Waals surface area contributed by atoms with Crippen LogP contribution in [0.5, 0.6) is 0 Å². The molecule has 0 spiro atoms. The molecule has 0 unspecified atom stereocenters. The highest BCUT2D eigenvalue weighted by molar-refractivity contribution is 7.92. The quantitative estimate of drug-likeness (QED) is 0.724. The number of halogens is 1. The Hall–Kier alpha value is -0.780. The first-order valence-electron chi connectivity index (χ1n) is 6.81. The van der Waals surface area contributed by atoms with Crippen LogP contribution >= 0.6 is 11.6 Å². The summed E-state index contributed by atoms with van der Waals surface area (Å²) in [6.45, 7) is 6.77. The van der Waals surface area contributed by atoms with E-state index in [-0.39, 0.29) is 5.75 Å². The van der Waals surface area contributed by atoms with Gasteiger partial charge in [-0.1, -0.05) is 31.5 Å². The topological polar surface area (TPSA) is 58.2 Å². The summed E-state index contributed by atoms with van der Waals surface area (Å²) in [7, 11) is -3.31. The van der Waals surface area contributed by atoms with Crippen LogP contribution in [0.3, 0.4) is 0 Å². The van der Waals surface area contributed by atoms with Crippen molar-refractivity contribution in [2.24, 2.45) is 0 Å². The zero-order chi connectivity index (χ0) is 15.2. The van der Waals surface area contributed by atoms with E-state index in [1.807, 2.05) is 0 Å². The largest absolute Gasteiger partial charge is 0.315 e. The van der Waals surface area contributed by atoms with Gasteiger partial charge < -0.3 is 5.32 Å². The highest BCUT2D eigenvalue weighted by atomic mass is 35.5. The van der Waals surface area contributed by atoms with E-state index in [2.05, 4.69) is 23.9 Å². The van der Waals surface area contributed by atoms with E-state index in [9.17, 15) is 8.42 Å². The van der Waals surface area contributed by atoms with Gasteiger partial charge in [0.05, 0.1) is 11.4 Å². The van der Waals surface area contributed by atoms with Crippen LogP contribution in [-0.2, 0) is 10.0 Å². The minimum Gasteiger partial charge on any atom is -0.315 e. The number of nitrogens with one attached hydrogen (secondary N) is 2. The molecule has 6 heteroatoms. The predicted molar refractivity (Wildman–Crippen MR) is 86.0 cm³/mol. The molecule has 2 N–H and O–H groups in total. The van der Waals surface area contributed by atoms with Gasteiger partial charge in [0.2, 0.25) is 10.0 Å². The molecule has 0 heterocycles.